The first-order valence-corrected chi connectivity index (χ1v) is 12.1. The topological polar surface area (TPSA) is 81.8 Å². The molecule has 7 nitrogen and oxygen atoms in total. The molecule has 1 aromatic rings. The summed E-state index contributed by atoms with van der Waals surface area (Å²) in [6.07, 6.45) is 4.08. The van der Waals surface area contributed by atoms with Crippen LogP contribution >= 0.6 is 0 Å². The van der Waals surface area contributed by atoms with Crippen molar-refractivity contribution in [3.63, 3.8) is 0 Å². The Morgan fingerprint density at radius 2 is 1.93 bits per heavy atom. The molecule has 1 aliphatic rings. The third-order valence-corrected chi connectivity index (χ3v) is 6.91. The molecular formula is C21H36N4O3S. The number of carbonyl (C=O) groups excluding carboxylic acids is 1. The minimum atomic E-state index is -3.39. The highest BCUT2D eigenvalue weighted by Crippen LogP contribution is 2.14. The second-order valence-corrected chi connectivity index (χ2v) is 9.59. The van der Waals surface area contributed by atoms with Crippen molar-refractivity contribution in [3.05, 3.63) is 29.8 Å². The van der Waals surface area contributed by atoms with E-state index in [0.29, 0.717) is 17.5 Å². The number of nitrogens with zero attached hydrogens (tertiary/aromatic N) is 2. The Morgan fingerprint density at radius 3 is 2.55 bits per heavy atom. The van der Waals surface area contributed by atoms with Gasteiger partial charge in [-0.25, -0.2) is 13.1 Å². The van der Waals surface area contributed by atoms with E-state index >= 15 is 0 Å². The molecule has 1 aliphatic heterocycles. The van der Waals surface area contributed by atoms with Crippen molar-refractivity contribution in [2.45, 2.75) is 50.5 Å². The predicted molar refractivity (Wildman–Crippen MR) is 116 cm³/mol. The molecule has 164 valence electrons. The Hall–Kier alpha value is -1.48. The van der Waals surface area contributed by atoms with Crippen molar-refractivity contribution in [3.8, 4) is 0 Å². The van der Waals surface area contributed by atoms with Crippen LogP contribution in [0.15, 0.2) is 29.2 Å². The monoisotopic (exact) mass is 424 g/mol. The Labute approximate surface area is 175 Å². The number of hydrogen-bond donors (Lipinski definition) is 2. The Morgan fingerprint density at radius 1 is 1.21 bits per heavy atom. The minimum Gasteiger partial charge on any atom is -0.340 e. The number of carbonyl (C=O) groups is 1. The molecule has 1 aromatic carbocycles. The van der Waals surface area contributed by atoms with Crippen molar-refractivity contribution in [1.29, 1.82) is 0 Å². The van der Waals surface area contributed by atoms with Gasteiger partial charge in [-0.2, -0.15) is 0 Å². The van der Waals surface area contributed by atoms with E-state index in [0.717, 1.165) is 64.0 Å². The molecule has 1 atom stereocenters. The van der Waals surface area contributed by atoms with Gasteiger partial charge in [0.05, 0.1) is 11.4 Å². The second-order valence-electron chi connectivity index (χ2n) is 7.71. The zero-order valence-corrected chi connectivity index (χ0v) is 18.8. The molecule has 1 heterocycles. The minimum absolute atomic E-state index is 0.207. The van der Waals surface area contributed by atoms with E-state index in [1.165, 1.54) is 7.05 Å². The van der Waals surface area contributed by atoms with E-state index in [1.54, 1.807) is 12.1 Å². The standard InChI is InChI=1S/C21H36N4O3S/c1-4-12-24(13-5-6-14-25-15-11-23-17-21(25)26)18(2)16-19-7-9-20(10-8-19)29(27,28)22-3/h7-10,18,22-23H,4-6,11-17H2,1-3H3/t18-/m0/s1. The van der Waals surface area contributed by atoms with Gasteiger partial charge in [0, 0.05) is 25.7 Å². The van der Waals surface area contributed by atoms with E-state index < -0.39 is 10.0 Å². The van der Waals surface area contributed by atoms with Crippen LogP contribution in [0.3, 0.4) is 0 Å². The SMILES string of the molecule is CCCN(CCCCN1CCNCC1=O)[C@@H](C)Cc1ccc(S(=O)(=O)NC)cc1. The zero-order valence-electron chi connectivity index (χ0n) is 18.0. The van der Waals surface area contributed by atoms with Crippen molar-refractivity contribution < 1.29 is 13.2 Å². The first-order valence-electron chi connectivity index (χ1n) is 10.6. The molecule has 0 bridgehead atoms. The van der Waals surface area contributed by atoms with Crippen molar-refractivity contribution >= 4 is 15.9 Å². The van der Waals surface area contributed by atoms with E-state index in [-0.39, 0.29) is 5.91 Å². The van der Waals surface area contributed by atoms with Gasteiger partial charge in [0.15, 0.2) is 0 Å². The molecule has 0 saturated carbocycles. The van der Waals surface area contributed by atoms with Crippen LogP contribution in [0.4, 0.5) is 0 Å². The lowest BCUT2D eigenvalue weighted by molar-refractivity contribution is -0.131. The number of amides is 1. The normalized spacial score (nSPS) is 16.4. The molecule has 0 radical (unpaired) electrons. The fourth-order valence-electron chi connectivity index (χ4n) is 3.73. The molecule has 0 aromatic heterocycles. The smallest absolute Gasteiger partial charge is 0.240 e. The van der Waals surface area contributed by atoms with Crippen LogP contribution in [0.5, 0.6) is 0 Å². The van der Waals surface area contributed by atoms with Crippen LogP contribution in [-0.2, 0) is 21.2 Å². The maximum Gasteiger partial charge on any atom is 0.240 e. The van der Waals surface area contributed by atoms with Gasteiger partial charge in [-0.1, -0.05) is 19.1 Å². The van der Waals surface area contributed by atoms with E-state index in [2.05, 4.69) is 28.8 Å². The van der Waals surface area contributed by atoms with Crippen LogP contribution in [0.1, 0.15) is 38.7 Å². The third kappa shape index (κ3) is 7.37. The molecule has 29 heavy (non-hydrogen) atoms. The molecule has 1 saturated heterocycles. The largest absolute Gasteiger partial charge is 0.340 e. The lowest BCUT2D eigenvalue weighted by Crippen LogP contribution is -2.48. The van der Waals surface area contributed by atoms with Gasteiger partial charge in [-0.05, 0) is 70.4 Å². The van der Waals surface area contributed by atoms with Crippen molar-refractivity contribution in [2.75, 3.05) is 46.3 Å². The number of unbranched alkanes of at least 4 members (excludes halogenated alkanes) is 1. The molecule has 8 heteroatoms. The highest BCUT2D eigenvalue weighted by atomic mass is 32.2. The summed E-state index contributed by atoms with van der Waals surface area (Å²) in [5.74, 6) is 0.207. The number of piperazine rings is 1. The molecule has 0 unspecified atom stereocenters. The summed E-state index contributed by atoms with van der Waals surface area (Å²) >= 11 is 0. The quantitative estimate of drug-likeness (QED) is 0.497. The fraction of sp³-hybridized carbons (Fsp3) is 0.667. The summed E-state index contributed by atoms with van der Waals surface area (Å²) < 4.78 is 26.1. The molecule has 0 aliphatic carbocycles. The van der Waals surface area contributed by atoms with Crippen LogP contribution in [-0.4, -0.2) is 76.5 Å². The van der Waals surface area contributed by atoms with Crippen molar-refractivity contribution in [2.24, 2.45) is 0 Å². The fourth-order valence-corrected chi connectivity index (χ4v) is 4.46. The summed E-state index contributed by atoms with van der Waals surface area (Å²) in [4.78, 5) is 16.6. The summed E-state index contributed by atoms with van der Waals surface area (Å²) in [6.45, 7) is 9.49. The van der Waals surface area contributed by atoms with Gasteiger partial charge in [0.2, 0.25) is 15.9 Å². The maximum atomic E-state index is 11.9. The first kappa shape index (κ1) is 23.8. The maximum absolute atomic E-state index is 11.9. The van der Waals surface area contributed by atoms with Gasteiger partial charge in [-0.15, -0.1) is 0 Å². The summed E-state index contributed by atoms with van der Waals surface area (Å²) in [7, 11) is -1.97. The Balaban J connectivity index is 1.83. The average molecular weight is 425 g/mol. The van der Waals surface area contributed by atoms with Gasteiger partial charge >= 0.3 is 0 Å². The van der Waals surface area contributed by atoms with E-state index in [1.807, 2.05) is 17.0 Å². The van der Waals surface area contributed by atoms with Crippen molar-refractivity contribution in [1.82, 2.24) is 19.8 Å². The zero-order chi connectivity index (χ0) is 21.3. The highest BCUT2D eigenvalue weighted by Gasteiger charge is 2.18. The first-order chi connectivity index (χ1) is 13.9. The van der Waals surface area contributed by atoms with Crippen LogP contribution in [0.25, 0.3) is 0 Å². The van der Waals surface area contributed by atoms with Gasteiger partial charge in [0.25, 0.3) is 0 Å². The van der Waals surface area contributed by atoms with Crippen LogP contribution in [0.2, 0.25) is 0 Å². The molecule has 1 fully saturated rings. The number of rotatable bonds is 12. The van der Waals surface area contributed by atoms with Gasteiger partial charge in [0.1, 0.15) is 0 Å². The highest BCUT2D eigenvalue weighted by molar-refractivity contribution is 7.89. The lowest BCUT2D eigenvalue weighted by atomic mass is 10.1. The molecule has 2 rings (SSSR count). The predicted octanol–water partition coefficient (Wildman–Crippen LogP) is 1.45. The number of sulfonamides is 1. The van der Waals surface area contributed by atoms with Crippen LogP contribution in [0, 0.1) is 0 Å². The third-order valence-electron chi connectivity index (χ3n) is 5.48. The summed E-state index contributed by atoms with van der Waals surface area (Å²) in [5, 5.41) is 3.11. The van der Waals surface area contributed by atoms with E-state index in [4.69, 9.17) is 0 Å². The van der Waals surface area contributed by atoms with E-state index in [9.17, 15) is 13.2 Å². The summed E-state index contributed by atoms with van der Waals surface area (Å²) in [6, 6.07) is 7.52. The second kappa shape index (κ2) is 11.6. The lowest BCUT2D eigenvalue weighted by Gasteiger charge is -2.30. The Kier molecular flexibility index (Phi) is 9.55. The average Bonchev–Trinajstić information content (AvgIpc) is 2.72. The molecule has 2 N–H and O–H groups in total. The molecular weight excluding hydrogens is 388 g/mol. The number of hydrogen-bond acceptors (Lipinski definition) is 5. The molecule has 0 spiro atoms. The molecule has 1 amide bonds. The number of nitrogens with one attached hydrogen (secondary N) is 2. The van der Waals surface area contributed by atoms with Gasteiger partial charge in [-0.3, -0.25) is 4.79 Å². The van der Waals surface area contributed by atoms with Crippen LogP contribution < -0.4 is 10.0 Å². The number of benzene rings is 1. The summed E-state index contributed by atoms with van der Waals surface area (Å²) in [5.41, 5.74) is 1.14. The Bertz CT molecular complexity index is 737. The van der Waals surface area contributed by atoms with Gasteiger partial charge < -0.3 is 15.1 Å².